The number of aliphatic hydroxyl groups excluding tert-OH is 3. The molecule has 0 spiro atoms. The Bertz CT molecular complexity index is 538. The number of hydrogen-bond acceptors (Lipinski definition) is 6. The van der Waals surface area contributed by atoms with E-state index in [9.17, 15) is 19.8 Å². The second-order valence-electron chi connectivity index (χ2n) is 11.7. The van der Waals surface area contributed by atoms with Gasteiger partial charge in [-0.1, -0.05) is 103 Å². The summed E-state index contributed by atoms with van der Waals surface area (Å²) in [7, 11) is 0. The number of carbonyl (C=O) groups excluding carboxylic acids is 2. The molecule has 0 aromatic rings. The Hall–Kier alpha value is -0.980. The molecular formula is C33H64O6. The summed E-state index contributed by atoms with van der Waals surface area (Å²) in [6.45, 7) is 2.44. The Morgan fingerprint density at radius 1 is 0.513 bits per heavy atom. The highest BCUT2D eigenvalue weighted by Gasteiger charge is 2.06. The molecule has 232 valence electrons. The molecule has 39 heavy (non-hydrogen) atoms. The minimum absolute atomic E-state index is 0.0774. The molecule has 0 aromatic carbocycles. The summed E-state index contributed by atoms with van der Waals surface area (Å²) in [4.78, 5) is 22.8. The smallest absolute Gasteiger partial charge is 0.305 e. The van der Waals surface area contributed by atoms with E-state index in [-0.39, 0.29) is 30.6 Å². The second kappa shape index (κ2) is 30.0. The zero-order valence-electron chi connectivity index (χ0n) is 25.5. The van der Waals surface area contributed by atoms with Crippen LogP contribution in [-0.2, 0) is 14.3 Å². The van der Waals surface area contributed by atoms with Crippen LogP contribution in [-0.4, -0.2) is 52.5 Å². The SMILES string of the molecule is CC(=O)CCCCCCCCC(O)CCCCCCOC(=O)CCCCCCCCC(O)CCCCCCO. The molecule has 0 aliphatic heterocycles. The van der Waals surface area contributed by atoms with Crippen LogP contribution in [0.5, 0.6) is 0 Å². The van der Waals surface area contributed by atoms with Crippen LogP contribution in [0, 0.1) is 0 Å². The van der Waals surface area contributed by atoms with E-state index < -0.39 is 0 Å². The zero-order chi connectivity index (χ0) is 28.8. The van der Waals surface area contributed by atoms with Crippen LogP contribution in [0.15, 0.2) is 0 Å². The lowest BCUT2D eigenvalue weighted by atomic mass is 10.0. The highest BCUT2D eigenvalue weighted by Crippen LogP contribution is 2.15. The summed E-state index contributed by atoms with van der Waals surface area (Å²) in [6.07, 6.45) is 25.8. The van der Waals surface area contributed by atoms with Gasteiger partial charge in [0.15, 0.2) is 0 Å². The summed E-state index contributed by atoms with van der Waals surface area (Å²) in [5.74, 6) is 0.210. The number of rotatable bonds is 31. The summed E-state index contributed by atoms with van der Waals surface area (Å²) in [5, 5.41) is 28.9. The normalized spacial score (nSPS) is 12.9. The van der Waals surface area contributed by atoms with Crippen LogP contribution in [0.1, 0.15) is 174 Å². The van der Waals surface area contributed by atoms with Crippen LogP contribution in [0.25, 0.3) is 0 Å². The lowest BCUT2D eigenvalue weighted by molar-refractivity contribution is -0.143. The Balaban J connectivity index is 3.33. The van der Waals surface area contributed by atoms with Crippen LogP contribution in [0.2, 0.25) is 0 Å². The fourth-order valence-corrected chi connectivity index (χ4v) is 5.05. The number of Topliss-reactive ketones (excluding diaryl/α,β-unsaturated/α-hetero) is 1. The molecule has 0 amide bonds. The Labute approximate surface area is 240 Å². The fraction of sp³-hybridized carbons (Fsp3) is 0.939. The molecule has 0 bridgehead atoms. The molecule has 0 rings (SSSR count). The monoisotopic (exact) mass is 556 g/mol. The molecule has 0 aliphatic rings. The quantitative estimate of drug-likeness (QED) is 0.0591. The number of unbranched alkanes of at least 4 members (excludes halogenated alkanes) is 16. The highest BCUT2D eigenvalue weighted by atomic mass is 16.5. The number of esters is 1. The number of aliphatic hydroxyl groups is 3. The standard InChI is InChI=1S/C33H64O6/c1-30(35)22-14-6-2-3-7-15-24-32(37)26-18-11-13-21-29-39-33(38)27-19-9-5-4-8-16-23-31(36)25-17-10-12-20-28-34/h31-32,34,36-37H,2-29H2,1H3. The van der Waals surface area contributed by atoms with Crippen LogP contribution >= 0.6 is 0 Å². The third-order valence-corrected chi connectivity index (χ3v) is 7.62. The van der Waals surface area contributed by atoms with Gasteiger partial charge >= 0.3 is 5.97 Å². The first kappa shape index (κ1) is 38.0. The van der Waals surface area contributed by atoms with Crippen LogP contribution in [0.4, 0.5) is 0 Å². The lowest BCUT2D eigenvalue weighted by Gasteiger charge is -2.10. The lowest BCUT2D eigenvalue weighted by Crippen LogP contribution is -2.07. The van der Waals surface area contributed by atoms with E-state index in [0.29, 0.717) is 19.4 Å². The first-order chi connectivity index (χ1) is 19.0. The van der Waals surface area contributed by atoms with Gasteiger partial charge in [0.25, 0.3) is 0 Å². The van der Waals surface area contributed by atoms with E-state index in [1.807, 2.05) is 0 Å². The summed E-state index contributed by atoms with van der Waals surface area (Å²) in [6, 6.07) is 0. The van der Waals surface area contributed by atoms with Crippen molar-refractivity contribution < 1.29 is 29.6 Å². The van der Waals surface area contributed by atoms with Crippen molar-refractivity contribution in [2.75, 3.05) is 13.2 Å². The van der Waals surface area contributed by atoms with Crippen LogP contribution in [0.3, 0.4) is 0 Å². The molecule has 6 nitrogen and oxygen atoms in total. The number of ketones is 1. The maximum Gasteiger partial charge on any atom is 0.305 e. The topological polar surface area (TPSA) is 104 Å². The Morgan fingerprint density at radius 3 is 1.31 bits per heavy atom. The predicted molar refractivity (Wildman–Crippen MR) is 161 cm³/mol. The fourth-order valence-electron chi connectivity index (χ4n) is 5.05. The molecule has 2 unspecified atom stereocenters. The molecule has 0 saturated heterocycles. The minimum atomic E-state index is -0.190. The molecule has 0 radical (unpaired) electrons. The van der Waals surface area contributed by atoms with Gasteiger partial charge in [-0.3, -0.25) is 4.79 Å². The van der Waals surface area contributed by atoms with E-state index in [1.54, 1.807) is 6.92 Å². The summed E-state index contributed by atoms with van der Waals surface area (Å²) in [5.41, 5.74) is 0. The molecule has 0 aliphatic carbocycles. The van der Waals surface area contributed by atoms with Gasteiger partial charge in [0.2, 0.25) is 0 Å². The number of hydrogen-bond donors (Lipinski definition) is 3. The van der Waals surface area contributed by atoms with E-state index >= 15 is 0 Å². The van der Waals surface area contributed by atoms with Gasteiger partial charge in [0.05, 0.1) is 18.8 Å². The Kier molecular flexibility index (Phi) is 29.2. The third kappa shape index (κ3) is 31.4. The average Bonchev–Trinajstić information content (AvgIpc) is 2.90. The van der Waals surface area contributed by atoms with Crippen molar-refractivity contribution >= 4 is 11.8 Å². The molecule has 6 heteroatoms. The molecular weight excluding hydrogens is 492 g/mol. The first-order valence-corrected chi connectivity index (χ1v) is 16.6. The zero-order valence-corrected chi connectivity index (χ0v) is 25.5. The third-order valence-electron chi connectivity index (χ3n) is 7.62. The highest BCUT2D eigenvalue weighted by molar-refractivity contribution is 5.75. The van der Waals surface area contributed by atoms with Crippen molar-refractivity contribution in [2.24, 2.45) is 0 Å². The largest absolute Gasteiger partial charge is 0.466 e. The van der Waals surface area contributed by atoms with Crippen molar-refractivity contribution in [3.8, 4) is 0 Å². The van der Waals surface area contributed by atoms with E-state index in [4.69, 9.17) is 9.84 Å². The van der Waals surface area contributed by atoms with Crippen molar-refractivity contribution in [1.82, 2.24) is 0 Å². The van der Waals surface area contributed by atoms with E-state index in [1.165, 1.54) is 19.3 Å². The number of carbonyl (C=O) groups is 2. The van der Waals surface area contributed by atoms with Gasteiger partial charge in [-0.05, 0) is 58.3 Å². The van der Waals surface area contributed by atoms with Crippen molar-refractivity contribution in [3.05, 3.63) is 0 Å². The average molecular weight is 557 g/mol. The molecule has 0 fully saturated rings. The number of ether oxygens (including phenoxy) is 1. The van der Waals surface area contributed by atoms with Crippen molar-refractivity contribution in [1.29, 1.82) is 0 Å². The van der Waals surface area contributed by atoms with Crippen molar-refractivity contribution in [3.63, 3.8) is 0 Å². The maximum atomic E-state index is 11.9. The Morgan fingerprint density at radius 2 is 0.872 bits per heavy atom. The van der Waals surface area contributed by atoms with Gasteiger partial charge in [0, 0.05) is 19.4 Å². The second-order valence-corrected chi connectivity index (χ2v) is 11.7. The van der Waals surface area contributed by atoms with Crippen LogP contribution < -0.4 is 0 Å². The molecule has 0 aromatic heterocycles. The van der Waals surface area contributed by atoms with Gasteiger partial charge in [-0.15, -0.1) is 0 Å². The maximum absolute atomic E-state index is 11.9. The summed E-state index contributed by atoms with van der Waals surface area (Å²) >= 11 is 0. The molecule has 0 saturated carbocycles. The van der Waals surface area contributed by atoms with Gasteiger partial charge in [-0.2, -0.15) is 0 Å². The van der Waals surface area contributed by atoms with E-state index in [0.717, 1.165) is 135 Å². The van der Waals surface area contributed by atoms with Crippen molar-refractivity contribution in [2.45, 2.75) is 186 Å². The summed E-state index contributed by atoms with van der Waals surface area (Å²) < 4.78 is 5.36. The van der Waals surface area contributed by atoms with Gasteiger partial charge in [-0.25, -0.2) is 0 Å². The molecule has 0 heterocycles. The first-order valence-electron chi connectivity index (χ1n) is 16.6. The molecule has 3 N–H and O–H groups in total. The minimum Gasteiger partial charge on any atom is -0.466 e. The van der Waals surface area contributed by atoms with E-state index in [2.05, 4.69) is 0 Å². The predicted octanol–water partition coefficient (Wildman–Crippen LogP) is 7.98. The van der Waals surface area contributed by atoms with Gasteiger partial charge < -0.3 is 24.9 Å². The molecule has 2 atom stereocenters. The van der Waals surface area contributed by atoms with Gasteiger partial charge in [0.1, 0.15) is 5.78 Å².